The summed E-state index contributed by atoms with van der Waals surface area (Å²) in [7, 11) is 0. The van der Waals surface area contributed by atoms with Gasteiger partial charge in [0.1, 0.15) is 6.61 Å². The predicted molar refractivity (Wildman–Crippen MR) is 76.6 cm³/mol. The first kappa shape index (κ1) is 14.6. The second kappa shape index (κ2) is 7.08. The van der Waals surface area contributed by atoms with Gasteiger partial charge in [-0.25, -0.2) is 0 Å². The molecule has 0 bridgehead atoms. The minimum atomic E-state index is -0.161. The Bertz CT molecular complexity index is 416. The third-order valence-electron chi connectivity index (χ3n) is 2.16. The van der Waals surface area contributed by atoms with Crippen LogP contribution in [-0.4, -0.2) is 23.6 Å². The summed E-state index contributed by atoms with van der Waals surface area (Å²) in [5.41, 5.74) is 7.22. The van der Waals surface area contributed by atoms with Crippen molar-refractivity contribution in [2.45, 2.75) is 26.4 Å². The number of benzene rings is 1. The molecule has 1 rings (SSSR count). The van der Waals surface area contributed by atoms with E-state index in [0.29, 0.717) is 11.4 Å². The monoisotopic (exact) mass is 266 g/mol. The van der Waals surface area contributed by atoms with Crippen LogP contribution in [0, 0.1) is 0 Å². The predicted octanol–water partition coefficient (Wildman–Crippen LogP) is 1.88. The van der Waals surface area contributed by atoms with Gasteiger partial charge < -0.3 is 15.8 Å². The maximum Gasteiger partial charge on any atom is 0.250 e. The van der Waals surface area contributed by atoms with E-state index in [2.05, 4.69) is 5.32 Å². The highest BCUT2D eigenvalue weighted by molar-refractivity contribution is 7.80. The fraction of sp³-hybridized carbons (Fsp3) is 0.385. The Kier molecular flexibility index (Phi) is 5.74. The van der Waals surface area contributed by atoms with Gasteiger partial charge in [0.15, 0.2) is 0 Å². The van der Waals surface area contributed by atoms with E-state index in [9.17, 15) is 4.79 Å². The molecular weight excluding hydrogens is 248 g/mol. The molecular formula is C13H18N2O2S. The molecule has 0 aliphatic rings. The van der Waals surface area contributed by atoms with Crippen molar-refractivity contribution in [3.8, 4) is 0 Å². The summed E-state index contributed by atoms with van der Waals surface area (Å²) in [6.45, 7) is 3.84. The molecule has 0 heterocycles. The lowest BCUT2D eigenvalue weighted by atomic mass is 10.1. The molecule has 18 heavy (non-hydrogen) atoms. The summed E-state index contributed by atoms with van der Waals surface area (Å²) in [6, 6.07) is 7.41. The van der Waals surface area contributed by atoms with Gasteiger partial charge in [0.2, 0.25) is 5.91 Å². The molecule has 0 saturated heterocycles. The average Bonchev–Trinajstić information content (AvgIpc) is 2.28. The Morgan fingerprint density at radius 1 is 1.39 bits per heavy atom. The van der Waals surface area contributed by atoms with Crippen LogP contribution in [0.3, 0.4) is 0 Å². The van der Waals surface area contributed by atoms with Crippen LogP contribution in [-0.2, 0) is 16.0 Å². The molecule has 1 aromatic carbocycles. The van der Waals surface area contributed by atoms with Gasteiger partial charge in [0.05, 0.1) is 11.1 Å². The summed E-state index contributed by atoms with van der Waals surface area (Å²) in [5.74, 6) is -0.161. The molecule has 5 heteroatoms. The van der Waals surface area contributed by atoms with Crippen LogP contribution in [0.1, 0.15) is 19.4 Å². The number of carbonyl (C=O) groups is 1. The molecule has 0 unspecified atom stereocenters. The zero-order valence-corrected chi connectivity index (χ0v) is 11.4. The van der Waals surface area contributed by atoms with Crippen molar-refractivity contribution in [1.82, 2.24) is 0 Å². The Balaban J connectivity index is 2.48. The van der Waals surface area contributed by atoms with Crippen LogP contribution in [0.5, 0.6) is 0 Å². The van der Waals surface area contributed by atoms with Crippen molar-refractivity contribution >= 4 is 28.8 Å². The summed E-state index contributed by atoms with van der Waals surface area (Å²) in [5, 5.41) is 2.75. The van der Waals surface area contributed by atoms with Crippen molar-refractivity contribution in [3.05, 3.63) is 29.8 Å². The number of hydrogen-bond acceptors (Lipinski definition) is 3. The molecule has 0 radical (unpaired) electrons. The number of nitrogens with two attached hydrogens (primary N) is 1. The minimum Gasteiger partial charge on any atom is -0.393 e. The minimum absolute atomic E-state index is 0.0451. The summed E-state index contributed by atoms with van der Waals surface area (Å²) >= 11 is 4.83. The maximum absolute atomic E-state index is 11.5. The standard InChI is InChI=1S/C13H18N2O2S/c1-9(2)17-8-13(16)15-11-5-3-10(4-6-11)7-12(14)18/h3-6,9H,7-8H2,1-2H3,(H2,14,18)(H,15,16). The van der Waals surface area contributed by atoms with Crippen LogP contribution in [0.2, 0.25) is 0 Å². The molecule has 0 aliphatic heterocycles. The molecule has 0 fully saturated rings. The van der Waals surface area contributed by atoms with Gasteiger partial charge in [-0.2, -0.15) is 0 Å². The van der Waals surface area contributed by atoms with Gasteiger partial charge in [0.25, 0.3) is 0 Å². The first-order valence-electron chi connectivity index (χ1n) is 5.76. The summed E-state index contributed by atoms with van der Waals surface area (Å²) in [4.78, 5) is 12.0. The van der Waals surface area contributed by atoms with Gasteiger partial charge in [-0.3, -0.25) is 4.79 Å². The number of nitrogens with one attached hydrogen (secondary N) is 1. The number of thiocarbonyl (C=S) groups is 1. The van der Waals surface area contributed by atoms with E-state index in [4.69, 9.17) is 22.7 Å². The maximum atomic E-state index is 11.5. The highest BCUT2D eigenvalue weighted by Crippen LogP contribution is 2.10. The number of anilines is 1. The van der Waals surface area contributed by atoms with Crippen LogP contribution < -0.4 is 11.1 Å². The Morgan fingerprint density at radius 2 is 2.00 bits per heavy atom. The number of carbonyl (C=O) groups excluding carboxylic acids is 1. The number of hydrogen-bond donors (Lipinski definition) is 2. The lowest BCUT2D eigenvalue weighted by Crippen LogP contribution is -2.20. The topological polar surface area (TPSA) is 64.3 Å². The van der Waals surface area contributed by atoms with Gasteiger partial charge in [-0.1, -0.05) is 24.4 Å². The Hall–Kier alpha value is -1.46. The van der Waals surface area contributed by atoms with E-state index >= 15 is 0 Å². The molecule has 98 valence electrons. The van der Waals surface area contributed by atoms with E-state index in [1.54, 1.807) is 0 Å². The zero-order chi connectivity index (χ0) is 13.5. The first-order chi connectivity index (χ1) is 8.47. The van der Waals surface area contributed by atoms with Gasteiger partial charge in [-0.15, -0.1) is 0 Å². The van der Waals surface area contributed by atoms with Crippen molar-refractivity contribution in [2.24, 2.45) is 5.73 Å². The Morgan fingerprint density at radius 3 is 2.50 bits per heavy atom. The van der Waals surface area contributed by atoms with Gasteiger partial charge in [0, 0.05) is 12.1 Å². The van der Waals surface area contributed by atoms with Crippen LogP contribution in [0.4, 0.5) is 5.69 Å². The summed E-state index contributed by atoms with van der Waals surface area (Å²) < 4.78 is 5.21. The highest BCUT2D eigenvalue weighted by atomic mass is 32.1. The normalized spacial score (nSPS) is 10.4. The molecule has 3 N–H and O–H groups in total. The van der Waals surface area contributed by atoms with Crippen molar-refractivity contribution < 1.29 is 9.53 Å². The number of ether oxygens (including phenoxy) is 1. The molecule has 0 aliphatic carbocycles. The van der Waals surface area contributed by atoms with Gasteiger partial charge >= 0.3 is 0 Å². The molecule has 4 nitrogen and oxygen atoms in total. The molecule has 0 spiro atoms. The molecule has 0 saturated carbocycles. The third-order valence-corrected chi connectivity index (χ3v) is 2.31. The second-order valence-corrected chi connectivity index (χ2v) is 4.77. The van der Waals surface area contributed by atoms with E-state index < -0.39 is 0 Å². The SMILES string of the molecule is CC(C)OCC(=O)Nc1ccc(CC(N)=S)cc1. The highest BCUT2D eigenvalue weighted by Gasteiger charge is 2.04. The second-order valence-electron chi connectivity index (χ2n) is 4.25. The lowest BCUT2D eigenvalue weighted by Gasteiger charge is -2.09. The van der Waals surface area contributed by atoms with E-state index in [1.165, 1.54) is 0 Å². The largest absolute Gasteiger partial charge is 0.393 e. The molecule has 0 aromatic heterocycles. The third kappa shape index (κ3) is 5.75. The van der Waals surface area contributed by atoms with E-state index in [0.717, 1.165) is 11.3 Å². The molecule has 1 amide bonds. The smallest absolute Gasteiger partial charge is 0.250 e. The van der Waals surface area contributed by atoms with Crippen LogP contribution in [0.15, 0.2) is 24.3 Å². The van der Waals surface area contributed by atoms with Crippen LogP contribution in [0.25, 0.3) is 0 Å². The summed E-state index contributed by atoms with van der Waals surface area (Å²) in [6.07, 6.45) is 0.615. The van der Waals surface area contributed by atoms with Crippen molar-refractivity contribution in [2.75, 3.05) is 11.9 Å². The quantitative estimate of drug-likeness (QED) is 0.772. The fourth-order valence-electron chi connectivity index (χ4n) is 1.35. The van der Waals surface area contributed by atoms with Crippen molar-refractivity contribution in [1.29, 1.82) is 0 Å². The first-order valence-corrected chi connectivity index (χ1v) is 6.17. The van der Waals surface area contributed by atoms with E-state index in [1.807, 2.05) is 38.1 Å². The lowest BCUT2D eigenvalue weighted by molar-refractivity contribution is -0.121. The van der Waals surface area contributed by atoms with Gasteiger partial charge in [-0.05, 0) is 31.5 Å². The van der Waals surface area contributed by atoms with Crippen molar-refractivity contribution in [3.63, 3.8) is 0 Å². The number of amides is 1. The average molecular weight is 266 g/mol. The molecule has 1 aromatic rings. The van der Waals surface area contributed by atoms with E-state index in [-0.39, 0.29) is 18.6 Å². The Labute approximate surface area is 113 Å². The number of rotatable bonds is 6. The van der Waals surface area contributed by atoms with Crippen LogP contribution >= 0.6 is 12.2 Å². The zero-order valence-electron chi connectivity index (χ0n) is 10.6. The fourth-order valence-corrected chi connectivity index (χ4v) is 1.51. The molecule has 0 atom stereocenters.